The van der Waals surface area contributed by atoms with Gasteiger partial charge in [-0.1, -0.05) is 18.2 Å². The number of benzene rings is 2. The fourth-order valence-corrected chi connectivity index (χ4v) is 2.65. The number of carbonyl (C=O) groups is 1. The van der Waals surface area contributed by atoms with Crippen LogP contribution in [-0.4, -0.2) is 27.4 Å². The van der Waals surface area contributed by atoms with Gasteiger partial charge in [0.05, 0.1) is 23.1 Å². The average molecular weight is 354 g/mol. The van der Waals surface area contributed by atoms with Crippen molar-refractivity contribution in [3.05, 3.63) is 70.0 Å². The number of halogens is 1. The summed E-state index contributed by atoms with van der Waals surface area (Å²) in [7, 11) is 0. The van der Waals surface area contributed by atoms with Gasteiger partial charge < -0.3 is 15.2 Å². The first-order chi connectivity index (χ1) is 12.5. The quantitative estimate of drug-likeness (QED) is 0.753. The van der Waals surface area contributed by atoms with E-state index in [2.05, 4.69) is 15.3 Å². The minimum Gasteiger partial charge on any atom is -0.317 e. The van der Waals surface area contributed by atoms with Crippen molar-refractivity contribution in [2.24, 2.45) is 0 Å². The Morgan fingerprint density at radius 2 is 2.04 bits per heavy atom. The van der Waals surface area contributed by atoms with E-state index in [-0.39, 0.29) is 17.8 Å². The smallest absolute Gasteiger partial charge is 0.317 e. The molecule has 0 aliphatic heterocycles. The first kappa shape index (κ1) is 17.6. The molecule has 0 spiro atoms. The molecule has 0 saturated carbocycles. The van der Waals surface area contributed by atoms with E-state index in [9.17, 15) is 14.0 Å². The molecular formula is C19H19FN4O2. The monoisotopic (exact) mass is 354 g/mol. The Hall–Kier alpha value is -3.22. The van der Waals surface area contributed by atoms with Crippen LogP contribution in [0, 0.1) is 12.7 Å². The Labute approximate surface area is 149 Å². The minimum atomic E-state index is -0.503. The molecule has 1 heterocycles. The van der Waals surface area contributed by atoms with Gasteiger partial charge in [-0.2, -0.15) is 0 Å². The van der Waals surface area contributed by atoms with Crippen molar-refractivity contribution in [1.29, 1.82) is 0 Å². The lowest BCUT2D eigenvalue weighted by atomic mass is 10.2. The number of rotatable bonds is 4. The molecule has 3 aromatic rings. The van der Waals surface area contributed by atoms with E-state index in [0.29, 0.717) is 23.3 Å². The van der Waals surface area contributed by atoms with Crippen LogP contribution in [0.1, 0.15) is 18.3 Å². The van der Waals surface area contributed by atoms with Crippen molar-refractivity contribution in [2.45, 2.75) is 20.4 Å². The van der Waals surface area contributed by atoms with Crippen LogP contribution in [0.5, 0.6) is 0 Å². The molecule has 0 saturated heterocycles. The Morgan fingerprint density at radius 3 is 2.81 bits per heavy atom. The molecule has 6 nitrogen and oxygen atoms in total. The number of fused-ring (bicyclic) bond motifs is 1. The number of nitrogens with zero attached hydrogens (tertiary/aromatic N) is 2. The molecule has 3 rings (SSSR count). The van der Waals surface area contributed by atoms with Gasteiger partial charge >= 0.3 is 6.03 Å². The average Bonchev–Trinajstić information content (AvgIpc) is 2.62. The number of para-hydroxylation sites is 1. The normalized spacial score (nSPS) is 10.7. The zero-order valence-electron chi connectivity index (χ0n) is 14.5. The molecule has 0 atom stereocenters. The summed E-state index contributed by atoms with van der Waals surface area (Å²) in [5.41, 5.74) is 1.26. The summed E-state index contributed by atoms with van der Waals surface area (Å²) in [4.78, 5) is 33.2. The summed E-state index contributed by atoms with van der Waals surface area (Å²) < 4.78 is 13.9. The largest absolute Gasteiger partial charge is 0.322 e. The van der Waals surface area contributed by atoms with E-state index in [1.54, 1.807) is 43.3 Å². The van der Waals surface area contributed by atoms with Crippen molar-refractivity contribution < 1.29 is 9.18 Å². The number of amides is 2. The topological polar surface area (TPSA) is 78.1 Å². The van der Waals surface area contributed by atoms with Gasteiger partial charge in [-0.3, -0.25) is 4.79 Å². The molecule has 2 N–H and O–H groups in total. The third-order valence-electron chi connectivity index (χ3n) is 4.03. The summed E-state index contributed by atoms with van der Waals surface area (Å²) in [6.45, 7) is 4.09. The van der Waals surface area contributed by atoms with Crippen LogP contribution in [0.4, 0.5) is 14.9 Å². The van der Waals surface area contributed by atoms with Gasteiger partial charge in [0, 0.05) is 6.54 Å². The van der Waals surface area contributed by atoms with Crippen molar-refractivity contribution in [3.63, 3.8) is 0 Å². The lowest BCUT2D eigenvalue weighted by Gasteiger charge is -2.21. The second kappa shape index (κ2) is 7.35. The molecule has 0 unspecified atom stereocenters. The number of urea groups is 1. The maximum atomic E-state index is 13.9. The molecule has 0 aliphatic rings. The number of hydrogen-bond donors (Lipinski definition) is 2. The van der Waals surface area contributed by atoms with E-state index in [4.69, 9.17) is 0 Å². The molecule has 7 heteroatoms. The van der Waals surface area contributed by atoms with E-state index >= 15 is 0 Å². The minimum absolute atomic E-state index is 0.107. The molecule has 26 heavy (non-hydrogen) atoms. The third-order valence-corrected chi connectivity index (χ3v) is 4.03. The van der Waals surface area contributed by atoms with Gasteiger partial charge in [-0.05, 0) is 43.7 Å². The van der Waals surface area contributed by atoms with Gasteiger partial charge in [-0.15, -0.1) is 0 Å². The Bertz CT molecular complexity index is 1020. The van der Waals surface area contributed by atoms with E-state index in [1.807, 2.05) is 6.92 Å². The molecule has 2 aromatic carbocycles. The maximum Gasteiger partial charge on any atom is 0.322 e. The summed E-state index contributed by atoms with van der Waals surface area (Å²) in [6, 6.07) is 11.0. The van der Waals surface area contributed by atoms with E-state index in [1.165, 1.54) is 11.0 Å². The highest BCUT2D eigenvalue weighted by atomic mass is 19.1. The van der Waals surface area contributed by atoms with Crippen LogP contribution < -0.4 is 10.9 Å². The number of anilines is 1. The van der Waals surface area contributed by atoms with Crippen LogP contribution in [0.2, 0.25) is 0 Å². The van der Waals surface area contributed by atoms with Gasteiger partial charge in [0.2, 0.25) is 0 Å². The number of nitrogens with one attached hydrogen (secondary N) is 2. The van der Waals surface area contributed by atoms with E-state index in [0.717, 1.165) is 5.56 Å². The van der Waals surface area contributed by atoms with Crippen molar-refractivity contribution in [2.75, 3.05) is 11.9 Å². The summed E-state index contributed by atoms with van der Waals surface area (Å²) in [6.07, 6.45) is 0. The van der Waals surface area contributed by atoms with Gasteiger partial charge in [0.25, 0.3) is 5.56 Å². The molecule has 134 valence electrons. The highest BCUT2D eigenvalue weighted by Gasteiger charge is 2.16. The van der Waals surface area contributed by atoms with Crippen LogP contribution in [-0.2, 0) is 6.54 Å². The number of hydrogen-bond acceptors (Lipinski definition) is 3. The molecule has 0 radical (unpaired) electrons. The van der Waals surface area contributed by atoms with Crippen molar-refractivity contribution in [1.82, 2.24) is 14.9 Å². The summed E-state index contributed by atoms with van der Waals surface area (Å²) >= 11 is 0. The lowest BCUT2D eigenvalue weighted by Crippen LogP contribution is -2.35. The number of aromatic amines is 1. The third kappa shape index (κ3) is 3.72. The Kier molecular flexibility index (Phi) is 4.97. The van der Waals surface area contributed by atoms with Gasteiger partial charge in [0.15, 0.2) is 0 Å². The lowest BCUT2D eigenvalue weighted by molar-refractivity contribution is 0.210. The molecule has 2 amide bonds. The molecule has 1 aromatic heterocycles. The van der Waals surface area contributed by atoms with Crippen LogP contribution in [0.3, 0.4) is 0 Å². The van der Waals surface area contributed by atoms with E-state index < -0.39 is 11.8 Å². The van der Waals surface area contributed by atoms with Crippen LogP contribution in [0.25, 0.3) is 10.9 Å². The molecule has 0 fully saturated rings. The molecular weight excluding hydrogens is 335 g/mol. The summed E-state index contributed by atoms with van der Waals surface area (Å²) in [5, 5.41) is 3.06. The highest BCUT2D eigenvalue weighted by molar-refractivity contribution is 5.89. The number of aryl methyl sites for hydroxylation is 1. The second-order valence-corrected chi connectivity index (χ2v) is 5.96. The van der Waals surface area contributed by atoms with Gasteiger partial charge in [-0.25, -0.2) is 14.2 Å². The van der Waals surface area contributed by atoms with Crippen LogP contribution in [0.15, 0.2) is 47.3 Å². The predicted octanol–water partition coefficient (Wildman–Crippen LogP) is 3.42. The number of carbonyl (C=O) groups excluding carboxylic acids is 1. The second-order valence-electron chi connectivity index (χ2n) is 5.96. The molecule has 0 aliphatic carbocycles. The Morgan fingerprint density at radius 1 is 1.27 bits per heavy atom. The maximum absolute atomic E-state index is 13.9. The molecule has 0 bridgehead atoms. The first-order valence-electron chi connectivity index (χ1n) is 8.28. The predicted molar refractivity (Wildman–Crippen MR) is 98.6 cm³/mol. The van der Waals surface area contributed by atoms with Crippen LogP contribution >= 0.6 is 0 Å². The van der Waals surface area contributed by atoms with Crippen molar-refractivity contribution >= 4 is 22.6 Å². The standard InChI is InChI=1S/C19H19FN4O2/c1-3-24(19(26)22-16-10-12(2)8-9-14(16)20)11-17-21-15-7-5-4-6-13(15)18(25)23-17/h4-10H,3,11H2,1-2H3,(H,22,26)(H,21,23,25). The Balaban J connectivity index is 1.82. The van der Waals surface area contributed by atoms with Crippen molar-refractivity contribution in [3.8, 4) is 0 Å². The number of H-pyrrole nitrogens is 1. The number of aromatic nitrogens is 2. The zero-order chi connectivity index (χ0) is 18.7. The van der Waals surface area contributed by atoms with Gasteiger partial charge in [0.1, 0.15) is 11.6 Å². The first-order valence-corrected chi connectivity index (χ1v) is 8.28. The SMILES string of the molecule is CCN(Cc1nc2ccccc2c(=O)[nH]1)C(=O)Nc1cc(C)ccc1F. The fraction of sp³-hybridized carbons (Fsp3) is 0.211. The summed E-state index contributed by atoms with van der Waals surface area (Å²) in [5.74, 6) is -0.132. The fourth-order valence-electron chi connectivity index (χ4n) is 2.65. The zero-order valence-corrected chi connectivity index (χ0v) is 14.5. The highest BCUT2D eigenvalue weighted by Crippen LogP contribution is 2.16.